The molecule has 0 aromatic heterocycles. The first-order valence-electron chi connectivity index (χ1n) is 10.6. The Morgan fingerprint density at radius 3 is 2.38 bits per heavy atom. The van der Waals surface area contributed by atoms with Gasteiger partial charge in [0.25, 0.3) is 0 Å². The van der Waals surface area contributed by atoms with Crippen molar-refractivity contribution in [2.45, 2.75) is 19.4 Å². The summed E-state index contributed by atoms with van der Waals surface area (Å²) in [6.45, 7) is 2.68. The molecule has 3 aromatic carbocycles. The van der Waals surface area contributed by atoms with Crippen LogP contribution in [0.3, 0.4) is 0 Å². The van der Waals surface area contributed by atoms with Crippen LogP contribution in [-0.4, -0.2) is 44.4 Å². The first-order chi connectivity index (χ1) is 15.5. The third kappa shape index (κ3) is 4.57. The first-order valence-corrected chi connectivity index (χ1v) is 11.4. The molecule has 1 aliphatic heterocycles. The smallest absolute Gasteiger partial charge is 0.166 e. The van der Waals surface area contributed by atoms with E-state index < -0.39 is 0 Å². The largest absolute Gasteiger partial charge is 0.504 e. The Hall–Kier alpha value is -2.70. The van der Waals surface area contributed by atoms with Gasteiger partial charge in [0.05, 0.1) is 21.3 Å². The second-order valence-corrected chi connectivity index (χ2v) is 8.82. The van der Waals surface area contributed by atoms with Gasteiger partial charge in [-0.05, 0) is 59.9 Å². The zero-order chi connectivity index (χ0) is 22.7. The third-order valence-corrected chi connectivity index (χ3v) is 6.60. The van der Waals surface area contributed by atoms with Crippen LogP contribution in [0.1, 0.15) is 16.7 Å². The van der Waals surface area contributed by atoms with E-state index in [0.29, 0.717) is 17.2 Å². The van der Waals surface area contributed by atoms with Gasteiger partial charge < -0.3 is 19.3 Å². The van der Waals surface area contributed by atoms with Crippen molar-refractivity contribution in [3.63, 3.8) is 0 Å². The molecule has 5 nitrogen and oxygen atoms in total. The van der Waals surface area contributed by atoms with Crippen LogP contribution in [-0.2, 0) is 19.4 Å². The molecule has 0 spiro atoms. The van der Waals surface area contributed by atoms with Crippen LogP contribution in [0.5, 0.6) is 23.0 Å². The maximum Gasteiger partial charge on any atom is 0.166 e. The summed E-state index contributed by atoms with van der Waals surface area (Å²) in [5.41, 5.74) is 5.23. The van der Waals surface area contributed by atoms with Gasteiger partial charge in [-0.3, -0.25) is 4.90 Å². The first kappa shape index (κ1) is 22.5. The summed E-state index contributed by atoms with van der Waals surface area (Å²) in [6.07, 6.45) is 1.88. The van der Waals surface area contributed by atoms with Gasteiger partial charge in [0.1, 0.15) is 11.5 Å². The lowest BCUT2D eigenvalue weighted by Crippen LogP contribution is -2.32. The van der Waals surface area contributed by atoms with Crippen LogP contribution in [0, 0.1) is 0 Å². The van der Waals surface area contributed by atoms with Gasteiger partial charge >= 0.3 is 0 Å². The molecule has 0 aliphatic carbocycles. The Morgan fingerprint density at radius 1 is 0.938 bits per heavy atom. The number of hydrogen-bond acceptors (Lipinski definition) is 5. The molecule has 168 valence electrons. The summed E-state index contributed by atoms with van der Waals surface area (Å²) in [6, 6.07) is 16.1. The van der Waals surface area contributed by atoms with E-state index >= 15 is 0 Å². The molecule has 0 saturated carbocycles. The molecule has 0 bridgehead atoms. The second kappa shape index (κ2) is 9.84. The lowest BCUT2D eigenvalue weighted by molar-refractivity contribution is 0.256. The summed E-state index contributed by atoms with van der Waals surface area (Å²) in [5.74, 6) is 1.99. The Kier molecular flexibility index (Phi) is 6.92. The summed E-state index contributed by atoms with van der Waals surface area (Å²) < 4.78 is 17.6. The van der Waals surface area contributed by atoms with Gasteiger partial charge in [-0.2, -0.15) is 0 Å². The monoisotopic (exact) mass is 497 g/mol. The van der Waals surface area contributed by atoms with Gasteiger partial charge in [0.2, 0.25) is 0 Å². The molecule has 3 aromatic rings. The molecule has 0 unspecified atom stereocenters. The molecule has 6 heteroatoms. The van der Waals surface area contributed by atoms with Crippen LogP contribution in [0.4, 0.5) is 0 Å². The third-order valence-electron chi connectivity index (χ3n) is 6.07. The summed E-state index contributed by atoms with van der Waals surface area (Å²) in [5, 5.41) is 11.1. The van der Waals surface area contributed by atoms with E-state index in [-0.39, 0.29) is 5.75 Å². The highest BCUT2D eigenvalue weighted by Gasteiger charge is 2.26. The van der Waals surface area contributed by atoms with Gasteiger partial charge in [-0.1, -0.05) is 28.1 Å². The minimum atomic E-state index is 0.143. The molecule has 0 amide bonds. The van der Waals surface area contributed by atoms with Crippen LogP contribution < -0.4 is 14.2 Å². The highest BCUT2D eigenvalue weighted by atomic mass is 79.9. The van der Waals surface area contributed by atoms with Crippen molar-refractivity contribution in [2.75, 3.05) is 34.4 Å². The Bertz CT molecular complexity index is 1100. The van der Waals surface area contributed by atoms with Gasteiger partial charge in [0, 0.05) is 41.3 Å². The number of rotatable bonds is 7. The number of aromatic hydroxyl groups is 1. The average molecular weight is 498 g/mol. The molecule has 1 N–H and O–H groups in total. The molecule has 0 fully saturated rings. The fourth-order valence-corrected chi connectivity index (χ4v) is 4.57. The van der Waals surface area contributed by atoms with Gasteiger partial charge in [-0.15, -0.1) is 0 Å². The van der Waals surface area contributed by atoms with Crippen molar-refractivity contribution in [1.82, 2.24) is 4.90 Å². The molecule has 0 saturated heterocycles. The zero-order valence-corrected chi connectivity index (χ0v) is 20.2. The number of nitrogens with zero attached hydrogens (tertiary/aromatic N) is 1. The fourth-order valence-electron chi connectivity index (χ4n) is 4.31. The van der Waals surface area contributed by atoms with Crippen LogP contribution >= 0.6 is 15.9 Å². The zero-order valence-electron chi connectivity index (χ0n) is 18.7. The molecular formula is C26H28BrNO4. The van der Waals surface area contributed by atoms with Crippen molar-refractivity contribution in [1.29, 1.82) is 0 Å². The van der Waals surface area contributed by atoms with Crippen LogP contribution in [0.25, 0.3) is 11.1 Å². The van der Waals surface area contributed by atoms with E-state index in [0.717, 1.165) is 53.6 Å². The van der Waals surface area contributed by atoms with E-state index in [1.165, 1.54) is 11.1 Å². The van der Waals surface area contributed by atoms with E-state index in [1.807, 2.05) is 24.3 Å². The SMILES string of the molecule is COc1ccc(-c2c(O)c(OC)cc3c2CN(CCc2ccc(Br)cc2)CC3)c(OC)c1. The Morgan fingerprint density at radius 2 is 1.69 bits per heavy atom. The molecular weight excluding hydrogens is 470 g/mol. The number of methoxy groups -OCH3 is 3. The number of phenols is 1. The second-order valence-electron chi connectivity index (χ2n) is 7.91. The summed E-state index contributed by atoms with van der Waals surface area (Å²) in [4.78, 5) is 2.44. The van der Waals surface area contributed by atoms with Crippen molar-refractivity contribution >= 4 is 15.9 Å². The highest BCUT2D eigenvalue weighted by Crippen LogP contribution is 2.47. The van der Waals surface area contributed by atoms with Crippen molar-refractivity contribution in [3.8, 4) is 34.1 Å². The minimum absolute atomic E-state index is 0.143. The van der Waals surface area contributed by atoms with Crippen LogP contribution in [0.2, 0.25) is 0 Å². The molecule has 0 radical (unpaired) electrons. The maximum atomic E-state index is 11.1. The Balaban J connectivity index is 1.69. The maximum absolute atomic E-state index is 11.1. The summed E-state index contributed by atoms with van der Waals surface area (Å²) in [7, 11) is 4.85. The number of ether oxygens (including phenoxy) is 3. The Labute approximate surface area is 197 Å². The van der Waals surface area contributed by atoms with E-state index in [4.69, 9.17) is 14.2 Å². The molecule has 4 rings (SSSR count). The highest BCUT2D eigenvalue weighted by molar-refractivity contribution is 9.10. The lowest BCUT2D eigenvalue weighted by Gasteiger charge is -2.31. The van der Waals surface area contributed by atoms with E-state index in [9.17, 15) is 5.11 Å². The normalized spacial score (nSPS) is 13.5. The van der Waals surface area contributed by atoms with Crippen molar-refractivity contribution in [2.24, 2.45) is 0 Å². The number of fused-ring (bicyclic) bond motifs is 1. The van der Waals surface area contributed by atoms with Crippen molar-refractivity contribution in [3.05, 3.63) is 69.7 Å². The van der Waals surface area contributed by atoms with Crippen molar-refractivity contribution < 1.29 is 19.3 Å². The molecule has 0 atom stereocenters. The predicted molar refractivity (Wildman–Crippen MR) is 130 cm³/mol. The van der Waals surface area contributed by atoms with E-state index in [1.54, 1.807) is 21.3 Å². The topological polar surface area (TPSA) is 51.2 Å². The quantitative estimate of drug-likeness (QED) is 0.470. The molecule has 1 heterocycles. The van der Waals surface area contributed by atoms with Crippen LogP contribution in [0.15, 0.2) is 53.0 Å². The number of halogens is 1. The number of hydrogen-bond donors (Lipinski definition) is 1. The average Bonchev–Trinajstić information content (AvgIpc) is 2.83. The molecule has 1 aliphatic rings. The van der Waals surface area contributed by atoms with Gasteiger partial charge in [-0.25, -0.2) is 0 Å². The number of phenolic OH excluding ortho intramolecular Hbond substituents is 1. The van der Waals surface area contributed by atoms with E-state index in [2.05, 4.69) is 45.1 Å². The molecule has 32 heavy (non-hydrogen) atoms. The standard InChI is InChI=1S/C26H28BrNO4/c1-30-20-8-9-21(23(15-20)31-2)25-22-16-28(12-10-17-4-6-19(27)7-5-17)13-11-18(22)14-24(32-3)26(25)29/h4-9,14-15,29H,10-13,16H2,1-3H3. The number of benzene rings is 3. The summed E-state index contributed by atoms with van der Waals surface area (Å²) >= 11 is 3.50. The minimum Gasteiger partial charge on any atom is -0.504 e. The lowest BCUT2D eigenvalue weighted by atomic mass is 9.89. The van der Waals surface area contributed by atoms with Gasteiger partial charge in [0.15, 0.2) is 11.5 Å². The fraction of sp³-hybridized carbons (Fsp3) is 0.308. The predicted octanol–water partition coefficient (Wildman–Crippen LogP) is 5.45.